The number of rotatable bonds is 9. The Morgan fingerprint density at radius 1 is 1.15 bits per heavy atom. The first-order chi connectivity index (χ1) is 9.71. The molecule has 0 aliphatic heterocycles. The Bertz CT molecular complexity index is 389. The van der Waals surface area contributed by atoms with Crippen molar-refractivity contribution in [3.8, 4) is 5.75 Å². The van der Waals surface area contributed by atoms with Gasteiger partial charge in [-0.05, 0) is 44.5 Å². The lowest BCUT2D eigenvalue weighted by atomic mass is 10.0. The highest BCUT2D eigenvalue weighted by Gasteiger charge is 2.16. The van der Waals surface area contributed by atoms with Crippen molar-refractivity contribution in [2.75, 3.05) is 19.8 Å². The van der Waals surface area contributed by atoms with Crippen molar-refractivity contribution >= 4 is 5.97 Å². The minimum absolute atomic E-state index is 0.00956. The van der Waals surface area contributed by atoms with Gasteiger partial charge in [0.15, 0.2) is 0 Å². The molecule has 0 heterocycles. The molecule has 1 atom stereocenters. The van der Waals surface area contributed by atoms with Gasteiger partial charge in [0.25, 0.3) is 0 Å². The van der Waals surface area contributed by atoms with Crippen molar-refractivity contribution in [3.63, 3.8) is 0 Å². The SMILES string of the molecule is CCCNC(CC(=O)OCC)c1ccc(OCC)cc1. The number of benzene rings is 1. The topological polar surface area (TPSA) is 47.6 Å². The van der Waals surface area contributed by atoms with E-state index in [1.54, 1.807) is 0 Å². The van der Waals surface area contributed by atoms with Crippen LogP contribution in [0.2, 0.25) is 0 Å². The van der Waals surface area contributed by atoms with Crippen LogP contribution in [-0.4, -0.2) is 25.7 Å². The van der Waals surface area contributed by atoms with E-state index in [1.807, 2.05) is 38.1 Å². The van der Waals surface area contributed by atoms with Crippen LogP contribution in [0.3, 0.4) is 0 Å². The van der Waals surface area contributed by atoms with Gasteiger partial charge in [-0.25, -0.2) is 0 Å². The predicted octanol–water partition coefficient (Wildman–Crippen LogP) is 3.08. The second-order valence-electron chi connectivity index (χ2n) is 4.52. The number of esters is 1. The standard InChI is InChI=1S/C16H25NO3/c1-4-11-17-15(12-16(18)20-6-3)13-7-9-14(10-8-13)19-5-2/h7-10,15,17H,4-6,11-12H2,1-3H3. The summed E-state index contributed by atoms with van der Waals surface area (Å²) >= 11 is 0. The van der Waals surface area contributed by atoms with E-state index < -0.39 is 0 Å². The maximum Gasteiger partial charge on any atom is 0.307 e. The number of carbonyl (C=O) groups is 1. The van der Waals surface area contributed by atoms with Crippen LogP contribution in [0.25, 0.3) is 0 Å². The molecule has 1 rings (SSSR count). The molecule has 0 bridgehead atoms. The smallest absolute Gasteiger partial charge is 0.307 e. The first-order valence-corrected chi connectivity index (χ1v) is 7.33. The molecule has 0 saturated carbocycles. The monoisotopic (exact) mass is 279 g/mol. The summed E-state index contributed by atoms with van der Waals surface area (Å²) in [6, 6.07) is 7.86. The van der Waals surface area contributed by atoms with E-state index in [2.05, 4.69) is 12.2 Å². The Labute approximate surface area is 121 Å². The Morgan fingerprint density at radius 2 is 1.85 bits per heavy atom. The van der Waals surface area contributed by atoms with E-state index in [9.17, 15) is 4.79 Å². The molecule has 4 nitrogen and oxygen atoms in total. The molecule has 1 aromatic carbocycles. The second-order valence-corrected chi connectivity index (χ2v) is 4.52. The molecule has 20 heavy (non-hydrogen) atoms. The molecule has 0 spiro atoms. The molecule has 4 heteroatoms. The molecular formula is C16H25NO3. The third kappa shape index (κ3) is 5.61. The molecule has 112 valence electrons. The summed E-state index contributed by atoms with van der Waals surface area (Å²) in [5.41, 5.74) is 1.08. The van der Waals surface area contributed by atoms with Gasteiger partial charge in [0.1, 0.15) is 5.75 Å². The van der Waals surface area contributed by atoms with Gasteiger partial charge < -0.3 is 14.8 Å². The van der Waals surface area contributed by atoms with Crippen molar-refractivity contribution in [1.82, 2.24) is 5.32 Å². The number of hydrogen-bond acceptors (Lipinski definition) is 4. The fourth-order valence-electron chi connectivity index (χ4n) is 1.98. The number of carbonyl (C=O) groups excluding carboxylic acids is 1. The number of ether oxygens (including phenoxy) is 2. The summed E-state index contributed by atoms with van der Waals surface area (Å²) in [7, 11) is 0. The summed E-state index contributed by atoms with van der Waals surface area (Å²) in [5.74, 6) is 0.677. The fraction of sp³-hybridized carbons (Fsp3) is 0.562. The average molecular weight is 279 g/mol. The highest BCUT2D eigenvalue weighted by atomic mass is 16.5. The van der Waals surface area contributed by atoms with Crippen molar-refractivity contribution in [2.24, 2.45) is 0 Å². The van der Waals surface area contributed by atoms with E-state index in [4.69, 9.17) is 9.47 Å². The molecule has 0 aliphatic rings. The maximum absolute atomic E-state index is 11.7. The van der Waals surface area contributed by atoms with Gasteiger partial charge in [0.2, 0.25) is 0 Å². The highest BCUT2D eigenvalue weighted by Crippen LogP contribution is 2.21. The maximum atomic E-state index is 11.7. The quantitative estimate of drug-likeness (QED) is 0.706. The zero-order valence-electron chi connectivity index (χ0n) is 12.6. The van der Waals surface area contributed by atoms with E-state index in [0.717, 1.165) is 24.3 Å². The van der Waals surface area contributed by atoms with Crippen LogP contribution in [0.5, 0.6) is 5.75 Å². The summed E-state index contributed by atoms with van der Waals surface area (Å²) in [4.78, 5) is 11.7. The van der Waals surface area contributed by atoms with Crippen molar-refractivity contribution in [1.29, 1.82) is 0 Å². The van der Waals surface area contributed by atoms with Crippen molar-refractivity contribution in [3.05, 3.63) is 29.8 Å². The van der Waals surface area contributed by atoms with Crippen LogP contribution in [0.1, 0.15) is 45.2 Å². The van der Waals surface area contributed by atoms with Crippen LogP contribution in [0, 0.1) is 0 Å². The van der Waals surface area contributed by atoms with Gasteiger partial charge in [-0.15, -0.1) is 0 Å². The second kappa shape index (κ2) is 9.37. The first kappa shape index (κ1) is 16.5. The summed E-state index contributed by atoms with van der Waals surface area (Å²) in [6.07, 6.45) is 1.37. The first-order valence-electron chi connectivity index (χ1n) is 7.33. The molecule has 0 aliphatic carbocycles. The zero-order chi connectivity index (χ0) is 14.8. The van der Waals surface area contributed by atoms with Gasteiger partial charge in [-0.3, -0.25) is 4.79 Å². The molecular weight excluding hydrogens is 254 g/mol. The summed E-state index contributed by atoms with van der Waals surface area (Å²) in [6.45, 7) is 7.83. The Morgan fingerprint density at radius 3 is 2.40 bits per heavy atom. The van der Waals surface area contributed by atoms with E-state index >= 15 is 0 Å². The average Bonchev–Trinajstić information content (AvgIpc) is 2.45. The molecule has 0 saturated heterocycles. The molecule has 1 aromatic rings. The van der Waals surface area contributed by atoms with Gasteiger partial charge in [0.05, 0.1) is 19.6 Å². The van der Waals surface area contributed by atoms with Gasteiger partial charge in [-0.2, -0.15) is 0 Å². The predicted molar refractivity (Wildman–Crippen MR) is 79.9 cm³/mol. The largest absolute Gasteiger partial charge is 0.494 e. The van der Waals surface area contributed by atoms with Crippen LogP contribution in [-0.2, 0) is 9.53 Å². The van der Waals surface area contributed by atoms with Crippen molar-refractivity contribution in [2.45, 2.75) is 39.7 Å². The van der Waals surface area contributed by atoms with E-state index in [0.29, 0.717) is 19.6 Å². The van der Waals surface area contributed by atoms with Gasteiger partial charge in [0, 0.05) is 6.04 Å². The van der Waals surface area contributed by atoms with E-state index in [1.165, 1.54) is 0 Å². The Hall–Kier alpha value is -1.55. The lowest BCUT2D eigenvalue weighted by molar-refractivity contribution is -0.143. The van der Waals surface area contributed by atoms with Crippen LogP contribution >= 0.6 is 0 Å². The molecule has 1 N–H and O–H groups in total. The number of hydrogen-bond donors (Lipinski definition) is 1. The van der Waals surface area contributed by atoms with Crippen LogP contribution < -0.4 is 10.1 Å². The molecule has 0 fully saturated rings. The number of nitrogens with one attached hydrogen (secondary N) is 1. The highest BCUT2D eigenvalue weighted by molar-refractivity contribution is 5.70. The van der Waals surface area contributed by atoms with E-state index in [-0.39, 0.29) is 12.0 Å². The molecule has 0 aromatic heterocycles. The fourth-order valence-corrected chi connectivity index (χ4v) is 1.98. The third-order valence-electron chi connectivity index (χ3n) is 2.91. The van der Waals surface area contributed by atoms with Crippen LogP contribution in [0.4, 0.5) is 0 Å². The molecule has 1 unspecified atom stereocenters. The van der Waals surface area contributed by atoms with Gasteiger partial charge >= 0.3 is 5.97 Å². The Kier molecular flexibility index (Phi) is 7.73. The lowest BCUT2D eigenvalue weighted by Crippen LogP contribution is -2.25. The van der Waals surface area contributed by atoms with Crippen LogP contribution in [0.15, 0.2) is 24.3 Å². The summed E-state index contributed by atoms with van der Waals surface area (Å²) < 4.78 is 10.5. The lowest BCUT2D eigenvalue weighted by Gasteiger charge is -2.18. The Balaban J connectivity index is 2.72. The summed E-state index contributed by atoms with van der Waals surface area (Å²) in [5, 5.41) is 3.38. The van der Waals surface area contributed by atoms with Gasteiger partial charge in [-0.1, -0.05) is 19.1 Å². The molecule has 0 radical (unpaired) electrons. The molecule has 0 amide bonds. The minimum Gasteiger partial charge on any atom is -0.494 e. The minimum atomic E-state index is -0.171. The normalized spacial score (nSPS) is 11.9. The zero-order valence-corrected chi connectivity index (χ0v) is 12.6. The van der Waals surface area contributed by atoms with Crippen molar-refractivity contribution < 1.29 is 14.3 Å². The third-order valence-corrected chi connectivity index (χ3v) is 2.91.